The predicted octanol–water partition coefficient (Wildman–Crippen LogP) is 0.854. The molecule has 1 fully saturated rings. The largest absolute Gasteiger partial charge is 0.359 e. The van der Waals surface area contributed by atoms with Crippen molar-refractivity contribution < 1.29 is 4.79 Å². The van der Waals surface area contributed by atoms with E-state index in [-0.39, 0.29) is 0 Å². The summed E-state index contributed by atoms with van der Waals surface area (Å²) in [7, 11) is 2.17. The van der Waals surface area contributed by atoms with Crippen molar-refractivity contribution in [3.63, 3.8) is 0 Å². The maximum Gasteiger partial charge on any atom is 0.207 e. The Bertz CT molecular complexity index is 172. The van der Waals surface area contributed by atoms with Crippen molar-refractivity contribution in [2.75, 3.05) is 26.7 Å². The van der Waals surface area contributed by atoms with E-state index in [1.165, 1.54) is 19.4 Å². The summed E-state index contributed by atoms with van der Waals surface area (Å²) in [5.41, 5.74) is 0.406. The van der Waals surface area contributed by atoms with Crippen molar-refractivity contribution in [1.29, 1.82) is 0 Å². The molecule has 0 spiro atoms. The zero-order valence-corrected chi connectivity index (χ0v) is 8.68. The van der Waals surface area contributed by atoms with Gasteiger partial charge in [-0.05, 0) is 38.3 Å². The van der Waals surface area contributed by atoms with E-state index in [1.807, 2.05) is 0 Å². The number of amides is 1. The zero-order chi connectivity index (χ0) is 9.73. The fourth-order valence-electron chi connectivity index (χ4n) is 2.22. The first-order chi connectivity index (χ1) is 6.16. The Labute approximate surface area is 80.5 Å². The second-order valence-electron chi connectivity index (χ2n) is 4.47. The van der Waals surface area contributed by atoms with E-state index < -0.39 is 0 Å². The average molecular weight is 184 g/mol. The monoisotopic (exact) mass is 184 g/mol. The highest BCUT2D eigenvalue weighted by atomic mass is 16.1. The first-order valence-electron chi connectivity index (χ1n) is 5.02. The highest BCUT2D eigenvalue weighted by Gasteiger charge is 2.28. The van der Waals surface area contributed by atoms with Gasteiger partial charge in [-0.25, -0.2) is 0 Å². The number of carbonyl (C=O) groups is 1. The van der Waals surface area contributed by atoms with Crippen LogP contribution in [0.5, 0.6) is 0 Å². The van der Waals surface area contributed by atoms with Crippen LogP contribution >= 0.6 is 0 Å². The highest BCUT2D eigenvalue weighted by molar-refractivity contribution is 5.45. The molecule has 1 N–H and O–H groups in total. The van der Waals surface area contributed by atoms with E-state index in [0.29, 0.717) is 5.41 Å². The molecule has 13 heavy (non-hydrogen) atoms. The summed E-state index contributed by atoms with van der Waals surface area (Å²) in [4.78, 5) is 12.5. The lowest BCUT2D eigenvalue weighted by atomic mass is 9.79. The minimum atomic E-state index is 0.406. The van der Waals surface area contributed by atoms with Crippen molar-refractivity contribution in [2.24, 2.45) is 5.41 Å². The molecule has 1 rings (SSSR count). The van der Waals surface area contributed by atoms with Gasteiger partial charge in [-0.3, -0.25) is 4.79 Å². The number of hydrogen-bond donors (Lipinski definition) is 1. The molecular formula is C10H20N2O. The number of nitrogens with zero attached hydrogens (tertiary/aromatic N) is 1. The van der Waals surface area contributed by atoms with Crippen molar-refractivity contribution in [3.05, 3.63) is 0 Å². The number of rotatable bonds is 4. The molecule has 76 valence electrons. The van der Waals surface area contributed by atoms with Gasteiger partial charge < -0.3 is 10.2 Å². The van der Waals surface area contributed by atoms with E-state index in [1.54, 1.807) is 0 Å². The van der Waals surface area contributed by atoms with Crippen LogP contribution in [-0.4, -0.2) is 38.0 Å². The average Bonchev–Trinajstić information content (AvgIpc) is 2.04. The molecule has 0 aromatic heterocycles. The Morgan fingerprint density at radius 2 is 2.38 bits per heavy atom. The van der Waals surface area contributed by atoms with Crippen molar-refractivity contribution >= 4 is 6.41 Å². The van der Waals surface area contributed by atoms with E-state index in [0.717, 1.165) is 25.9 Å². The summed E-state index contributed by atoms with van der Waals surface area (Å²) in [6.07, 6.45) is 4.46. The second-order valence-corrected chi connectivity index (χ2v) is 4.47. The van der Waals surface area contributed by atoms with Crippen LogP contribution < -0.4 is 5.32 Å². The molecule has 1 aliphatic heterocycles. The number of carbonyl (C=O) groups excluding carboxylic acids is 1. The van der Waals surface area contributed by atoms with Crippen molar-refractivity contribution in [1.82, 2.24) is 10.2 Å². The Morgan fingerprint density at radius 3 is 3.00 bits per heavy atom. The van der Waals surface area contributed by atoms with Gasteiger partial charge >= 0.3 is 0 Å². The van der Waals surface area contributed by atoms with Gasteiger partial charge in [-0.2, -0.15) is 0 Å². The highest BCUT2D eigenvalue weighted by Crippen LogP contribution is 2.31. The van der Waals surface area contributed by atoms with E-state index in [4.69, 9.17) is 0 Å². The molecule has 0 saturated carbocycles. The molecule has 3 nitrogen and oxygen atoms in total. The second kappa shape index (κ2) is 4.61. The Morgan fingerprint density at radius 1 is 1.62 bits per heavy atom. The predicted molar refractivity (Wildman–Crippen MR) is 53.5 cm³/mol. The van der Waals surface area contributed by atoms with Crippen LogP contribution in [0.4, 0.5) is 0 Å². The smallest absolute Gasteiger partial charge is 0.207 e. The van der Waals surface area contributed by atoms with Gasteiger partial charge in [-0.1, -0.05) is 6.92 Å². The normalized spacial score (nSPS) is 30.0. The van der Waals surface area contributed by atoms with Crippen LogP contribution in [-0.2, 0) is 4.79 Å². The lowest BCUT2D eigenvalue weighted by Crippen LogP contribution is -2.40. The molecule has 1 saturated heterocycles. The zero-order valence-electron chi connectivity index (χ0n) is 8.68. The summed E-state index contributed by atoms with van der Waals surface area (Å²) in [5.74, 6) is 0. The van der Waals surface area contributed by atoms with E-state index in [2.05, 4.69) is 24.2 Å². The maximum absolute atomic E-state index is 10.1. The lowest BCUT2D eigenvalue weighted by molar-refractivity contribution is -0.109. The third kappa shape index (κ3) is 3.35. The minimum absolute atomic E-state index is 0.406. The number of hydrogen-bond acceptors (Lipinski definition) is 2. The minimum Gasteiger partial charge on any atom is -0.359 e. The summed E-state index contributed by atoms with van der Waals surface area (Å²) in [6.45, 7) is 5.51. The summed E-state index contributed by atoms with van der Waals surface area (Å²) in [6, 6.07) is 0. The van der Waals surface area contributed by atoms with Gasteiger partial charge in [0, 0.05) is 13.1 Å². The molecule has 0 aromatic rings. The molecule has 1 heterocycles. The fourth-order valence-corrected chi connectivity index (χ4v) is 2.22. The standard InChI is InChI=1S/C10H20N2O/c1-10(5-6-11-9-13)4-3-7-12(2)8-10/h9H,3-8H2,1-2H3,(H,11,13). The Kier molecular flexibility index (Phi) is 3.72. The molecule has 0 radical (unpaired) electrons. The van der Waals surface area contributed by atoms with Gasteiger partial charge in [0.25, 0.3) is 0 Å². The molecular weight excluding hydrogens is 164 g/mol. The Hall–Kier alpha value is -0.570. The number of nitrogens with one attached hydrogen (secondary N) is 1. The molecule has 3 heteroatoms. The molecule has 1 unspecified atom stereocenters. The van der Waals surface area contributed by atoms with Crippen LogP contribution in [0, 0.1) is 5.41 Å². The van der Waals surface area contributed by atoms with Gasteiger partial charge in [0.2, 0.25) is 6.41 Å². The number of piperidine rings is 1. The molecule has 1 aliphatic rings. The van der Waals surface area contributed by atoms with E-state index in [9.17, 15) is 4.79 Å². The van der Waals surface area contributed by atoms with Gasteiger partial charge in [0.05, 0.1) is 0 Å². The molecule has 0 aliphatic carbocycles. The summed E-state index contributed by atoms with van der Waals surface area (Å²) < 4.78 is 0. The van der Waals surface area contributed by atoms with Gasteiger partial charge in [0.1, 0.15) is 0 Å². The van der Waals surface area contributed by atoms with Crippen molar-refractivity contribution in [3.8, 4) is 0 Å². The molecule has 1 atom stereocenters. The quantitative estimate of drug-likeness (QED) is 0.519. The lowest BCUT2D eigenvalue weighted by Gasteiger charge is -2.38. The summed E-state index contributed by atoms with van der Waals surface area (Å²) >= 11 is 0. The topological polar surface area (TPSA) is 32.3 Å². The van der Waals surface area contributed by atoms with Crippen LogP contribution in [0.25, 0.3) is 0 Å². The third-order valence-electron chi connectivity index (χ3n) is 2.93. The van der Waals surface area contributed by atoms with Crippen LogP contribution in [0.2, 0.25) is 0 Å². The Balaban J connectivity index is 2.31. The first-order valence-corrected chi connectivity index (χ1v) is 5.02. The molecule has 1 amide bonds. The van der Waals surface area contributed by atoms with Crippen LogP contribution in [0.15, 0.2) is 0 Å². The van der Waals surface area contributed by atoms with Crippen molar-refractivity contribution in [2.45, 2.75) is 26.2 Å². The number of likely N-dealkylation sites (tertiary alicyclic amines) is 1. The SMILES string of the molecule is CN1CCCC(C)(CCNC=O)C1. The maximum atomic E-state index is 10.1. The molecule has 0 bridgehead atoms. The first kappa shape index (κ1) is 10.5. The van der Waals surface area contributed by atoms with Gasteiger partial charge in [-0.15, -0.1) is 0 Å². The third-order valence-corrected chi connectivity index (χ3v) is 2.93. The summed E-state index contributed by atoms with van der Waals surface area (Å²) in [5, 5.41) is 2.74. The van der Waals surface area contributed by atoms with Gasteiger partial charge in [0.15, 0.2) is 0 Å². The van der Waals surface area contributed by atoms with E-state index >= 15 is 0 Å². The fraction of sp³-hybridized carbons (Fsp3) is 0.900. The van der Waals surface area contributed by atoms with Crippen LogP contribution in [0.1, 0.15) is 26.2 Å². The van der Waals surface area contributed by atoms with Crippen LogP contribution in [0.3, 0.4) is 0 Å². The molecule has 0 aromatic carbocycles.